The topological polar surface area (TPSA) is 410 Å². The van der Waals surface area contributed by atoms with E-state index in [9.17, 15) is 48.3 Å². The second-order valence-corrected chi connectivity index (χ2v) is 22.5. The summed E-state index contributed by atoms with van der Waals surface area (Å²) >= 11 is 0. The van der Waals surface area contributed by atoms with Gasteiger partial charge in [0.25, 0.3) is 11.8 Å². The molecule has 0 fully saturated rings. The van der Waals surface area contributed by atoms with Gasteiger partial charge in [0.2, 0.25) is 35.4 Å². The number of benzene rings is 2. The van der Waals surface area contributed by atoms with Crippen molar-refractivity contribution in [3.05, 3.63) is 84.2 Å². The summed E-state index contributed by atoms with van der Waals surface area (Å²) in [6, 6.07) is 12.4. The lowest BCUT2D eigenvalue weighted by molar-refractivity contribution is -0.138. The van der Waals surface area contributed by atoms with E-state index in [4.69, 9.17) is 66.4 Å². The Kier molecular flexibility index (Phi) is 43.5. The van der Waals surface area contributed by atoms with Crippen LogP contribution in [0.1, 0.15) is 37.3 Å². The number of para-hydroxylation sites is 2. The van der Waals surface area contributed by atoms with Gasteiger partial charge in [-0.1, -0.05) is 36.4 Å². The maximum atomic E-state index is 14.0. The highest BCUT2D eigenvalue weighted by Crippen LogP contribution is 2.23. The molecule has 0 unspecified atom stereocenters. The molecule has 0 spiro atoms. The smallest absolute Gasteiger partial charge is 0.253 e. The van der Waals surface area contributed by atoms with Crippen molar-refractivity contribution in [2.24, 2.45) is 5.92 Å². The first-order valence-corrected chi connectivity index (χ1v) is 33.8. The molecule has 0 aliphatic carbocycles. The lowest BCUT2D eigenvalue weighted by Crippen LogP contribution is -2.56. The molecule has 5 rings (SSSR count). The molecule has 562 valence electrons. The second-order valence-electron chi connectivity index (χ2n) is 22.5. The Morgan fingerprint density at radius 3 is 1.38 bits per heavy atom. The number of aliphatic hydroxyl groups excluding tert-OH is 1. The van der Waals surface area contributed by atoms with Crippen LogP contribution in [0.4, 0.5) is 0 Å². The average Bonchev–Trinajstić information content (AvgIpc) is 1.72. The fourth-order valence-corrected chi connectivity index (χ4v) is 9.63. The third-order valence-corrected chi connectivity index (χ3v) is 14.8. The molecule has 0 bridgehead atoms. The van der Waals surface area contributed by atoms with Crippen molar-refractivity contribution in [1.29, 1.82) is 0 Å². The number of fused-ring (bicyclic) bond motifs is 2. The molecule has 101 heavy (non-hydrogen) atoms. The van der Waals surface area contributed by atoms with Gasteiger partial charge < -0.3 is 103 Å². The molecule has 2 aromatic carbocycles. The zero-order valence-electron chi connectivity index (χ0n) is 57.8. The quantitative estimate of drug-likeness (QED) is 0.0150. The number of likely N-dealkylation sites (N-methyl/N-ethyl adjacent to an activating group) is 1. The van der Waals surface area contributed by atoms with Crippen molar-refractivity contribution in [3.8, 4) is 0 Å². The zero-order valence-corrected chi connectivity index (χ0v) is 57.8. The van der Waals surface area contributed by atoms with Gasteiger partial charge in [-0.05, 0) is 36.6 Å². The summed E-state index contributed by atoms with van der Waals surface area (Å²) in [5.74, 6) is -5.69. The molecule has 0 saturated heterocycles. The molecule has 4 atom stereocenters. The second kappa shape index (κ2) is 52.3. The summed E-state index contributed by atoms with van der Waals surface area (Å²) in [6.07, 6.45) is 4.45. The zero-order chi connectivity index (χ0) is 72.3. The van der Waals surface area contributed by atoms with E-state index >= 15 is 0 Å². The molecule has 1 aliphatic heterocycles. The number of hydrogen-bond donors (Lipinski definition) is 9. The van der Waals surface area contributed by atoms with E-state index in [2.05, 4.69) is 42.0 Å². The van der Waals surface area contributed by atoms with Gasteiger partial charge in [-0.3, -0.25) is 52.9 Å². The van der Waals surface area contributed by atoms with Crippen LogP contribution in [0.2, 0.25) is 0 Å². The number of hydroxylamine groups is 1. The highest BCUT2D eigenvalue weighted by Gasteiger charge is 2.32. The molecular formula is C68H101N9O24. The predicted molar refractivity (Wildman–Crippen MR) is 363 cm³/mol. The van der Waals surface area contributed by atoms with Gasteiger partial charge in [-0.15, -0.1) is 0 Å². The number of nitrogens with one attached hydrogen (secondary N) is 8. The normalized spacial score (nSPS) is 13.4. The fraction of sp³-hybridized carbons (Fsp3) is 0.603. The summed E-state index contributed by atoms with van der Waals surface area (Å²) in [7, 11) is 1.44. The van der Waals surface area contributed by atoms with Gasteiger partial charge in [0.05, 0.1) is 191 Å². The van der Waals surface area contributed by atoms with Crippen LogP contribution in [0.5, 0.6) is 0 Å². The van der Waals surface area contributed by atoms with Crippen molar-refractivity contribution in [1.82, 2.24) is 46.9 Å². The molecule has 0 saturated carbocycles. The van der Waals surface area contributed by atoms with E-state index in [-0.39, 0.29) is 77.6 Å². The first-order valence-electron chi connectivity index (χ1n) is 33.8. The number of carbonyl (C=O) groups is 9. The largest absolute Gasteiger partial charge is 0.391 e. The molecule has 33 nitrogen and oxygen atoms in total. The maximum absolute atomic E-state index is 14.0. The fourth-order valence-electron chi connectivity index (χ4n) is 9.63. The van der Waals surface area contributed by atoms with Gasteiger partial charge >= 0.3 is 0 Å². The predicted octanol–water partition coefficient (Wildman–Crippen LogP) is -0.693. The van der Waals surface area contributed by atoms with E-state index in [1.807, 2.05) is 48.5 Å². The Labute approximate surface area is 586 Å². The van der Waals surface area contributed by atoms with E-state index < -0.39 is 77.8 Å². The summed E-state index contributed by atoms with van der Waals surface area (Å²) in [5.41, 5.74) is 5.50. The minimum atomic E-state index is -1.51. The van der Waals surface area contributed by atoms with Gasteiger partial charge in [0, 0.05) is 91.7 Å². The van der Waals surface area contributed by atoms with Crippen molar-refractivity contribution in [2.75, 3.05) is 205 Å². The molecule has 1 aliphatic rings. The standard InChI is InChI=1S/C68H101N9O24/c1-50(78)65(68(87)73-48-62(82)74-59(67(86)69-2)45-53-47-72-58-10-6-4-8-56(53)58)75-66(85)51(43-52-46-71-57-9-5-3-7-55(52)57)44-54(79)49-100-41-42-101-76-61(81)14-17-88-19-21-90-23-25-92-27-29-94-31-33-96-35-37-98-39-40-99-38-36-97-34-32-95-30-28-93-26-24-91-22-20-89-18-15-70-60(80)13-16-77-63(83)11-12-64(77)84/h3-12,46-47,50-51,59,65,71-72,78H,13-45,48-49H2,1-2H3,(H,69,86)(H,70,80)(H,73,87)(H,74,82)(H,75,85)(H,76,81)/t50-,51-,59+,65+/m1/s1. The number of Topliss-reactive ketones (excluding diaryl/α,β-unsaturated/α-hetero) is 1. The highest BCUT2D eigenvalue weighted by molar-refractivity contribution is 6.13. The molecule has 9 N–H and O–H groups in total. The molecule has 33 heteroatoms. The SMILES string of the molecule is CNC(=O)[C@H](Cc1c[nH]c2ccccc12)NC(=O)CNC(=O)[C@@H](NC(=O)[C@@H](CC(=O)COCCONC(=O)CCOCCOCCOCCOCCOCCOCCOCCOCCOCCOCCOCCOCCNC(=O)CCN1C(=O)C=CC1=O)Cc1c[nH]c2ccccc12)[C@@H](C)O. The van der Waals surface area contributed by atoms with Crippen molar-refractivity contribution >= 4 is 74.8 Å². The number of ether oxygens (including phenoxy) is 13. The van der Waals surface area contributed by atoms with Crippen LogP contribution in [-0.4, -0.2) is 296 Å². The van der Waals surface area contributed by atoms with Crippen LogP contribution < -0.4 is 32.1 Å². The van der Waals surface area contributed by atoms with Crippen LogP contribution in [0.25, 0.3) is 21.8 Å². The number of aromatic nitrogens is 2. The number of amides is 8. The van der Waals surface area contributed by atoms with Crippen LogP contribution in [0, 0.1) is 5.92 Å². The Balaban J connectivity index is 0.753. The first kappa shape index (κ1) is 83.9. The monoisotopic (exact) mass is 1430 g/mol. The minimum absolute atomic E-state index is 0.0156. The number of aromatic amines is 2. The number of ketones is 1. The number of imide groups is 1. The van der Waals surface area contributed by atoms with Crippen molar-refractivity contribution < 1.29 is 115 Å². The van der Waals surface area contributed by atoms with Gasteiger partial charge in [0.1, 0.15) is 18.7 Å². The molecular weight excluding hydrogens is 1330 g/mol. The van der Waals surface area contributed by atoms with Crippen LogP contribution in [0.3, 0.4) is 0 Å². The number of aliphatic hydroxyl groups is 1. The van der Waals surface area contributed by atoms with Crippen molar-refractivity contribution in [2.45, 2.75) is 57.2 Å². The van der Waals surface area contributed by atoms with Crippen molar-refractivity contribution in [3.63, 3.8) is 0 Å². The lowest BCUT2D eigenvalue weighted by atomic mass is 9.92. The third kappa shape index (κ3) is 36.1. The molecule has 3 heterocycles. The Hall–Kier alpha value is -7.71. The van der Waals surface area contributed by atoms with Crippen LogP contribution >= 0.6 is 0 Å². The van der Waals surface area contributed by atoms with Crippen LogP contribution in [-0.2, 0) is 122 Å². The third-order valence-electron chi connectivity index (χ3n) is 14.8. The number of rotatable bonds is 62. The van der Waals surface area contributed by atoms with E-state index in [0.29, 0.717) is 152 Å². The molecule has 8 amide bonds. The lowest BCUT2D eigenvalue weighted by Gasteiger charge is -2.24. The van der Waals surface area contributed by atoms with E-state index in [1.54, 1.807) is 12.4 Å². The van der Waals surface area contributed by atoms with Crippen LogP contribution in [0.15, 0.2) is 73.1 Å². The van der Waals surface area contributed by atoms with E-state index in [1.165, 1.54) is 26.1 Å². The average molecular weight is 1430 g/mol. The van der Waals surface area contributed by atoms with E-state index in [0.717, 1.165) is 37.8 Å². The summed E-state index contributed by atoms with van der Waals surface area (Å²) < 4.78 is 71.4. The summed E-state index contributed by atoms with van der Waals surface area (Å²) in [4.78, 5) is 126. The maximum Gasteiger partial charge on any atom is 0.253 e. The molecule has 4 aromatic rings. The Bertz CT molecular complexity index is 3070. The Morgan fingerprint density at radius 1 is 0.475 bits per heavy atom. The first-order chi connectivity index (χ1) is 49.2. The summed E-state index contributed by atoms with van der Waals surface area (Å²) in [5, 5.41) is 25.3. The molecule has 2 aromatic heterocycles. The number of nitrogens with zero attached hydrogens (tertiary/aromatic N) is 1. The minimum Gasteiger partial charge on any atom is -0.391 e. The Morgan fingerprint density at radius 2 is 0.911 bits per heavy atom. The molecule has 0 radical (unpaired) electrons. The van der Waals surface area contributed by atoms with Gasteiger partial charge in [-0.25, -0.2) is 5.48 Å². The number of hydrogen-bond acceptors (Lipinski definition) is 24. The summed E-state index contributed by atoms with van der Waals surface area (Å²) in [6.45, 7) is 9.74. The number of H-pyrrole nitrogens is 2. The highest BCUT2D eigenvalue weighted by atomic mass is 16.7. The van der Waals surface area contributed by atoms with Gasteiger partial charge in [-0.2, -0.15) is 0 Å². The van der Waals surface area contributed by atoms with Gasteiger partial charge in [0.15, 0.2) is 5.78 Å². The number of carbonyl (C=O) groups excluding carboxylic acids is 9.